The van der Waals surface area contributed by atoms with Gasteiger partial charge in [0.15, 0.2) is 0 Å². The Balaban J connectivity index is 2.38. The van der Waals surface area contributed by atoms with Crippen LogP contribution in [0.2, 0.25) is 0 Å². The minimum atomic E-state index is -1.82. The molecule has 1 aromatic carbocycles. The maximum atomic E-state index is 13.6. The lowest BCUT2D eigenvalue weighted by molar-refractivity contribution is -0.145. The average Bonchev–Trinajstić information content (AvgIpc) is 2.94. The normalized spacial score (nSPS) is 20.2. The molecular weight excluding hydrogens is 388 g/mol. The molecule has 1 atom stereocenters. The van der Waals surface area contributed by atoms with Gasteiger partial charge in [-0.25, -0.2) is 9.59 Å². The minimum absolute atomic E-state index is 0.0469. The summed E-state index contributed by atoms with van der Waals surface area (Å²) >= 11 is 0. The summed E-state index contributed by atoms with van der Waals surface area (Å²) in [5, 5.41) is 2.79. The van der Waals surface area contributed by atoms with Crippen LogP contribution in [0.1, 0.15) is 46.1 Å². The van der Waals surface area contributed by atoms with E-state index in [0.29, 0.717) is 24.1 Å². The quantitative estimate of drug-likeness (QED) is 0.685. The molecule has 0 fully saturated rings. The van der Waals surface area contributed by atoms with Crippen molar-refractivity contribution in [1.82, 2.24) is 5.32 Å². The number of esters is 2. The first kappa shape index (κ1) is 21.4. The zero-order chi connectivity index (χ0) is 22.1. The summed E-state index contributed by atoms with van der Waals surface area (Å²) in [6.45, 7) is 7.06. The average molecular weight is 414 g/mol. The van der Waals surface area contributed by atoms with Gasteiger partial charge in [0.1, 0.15) is 16.7 Å². The van der Waals surface area contributed by atoms with Gasteiger partial charge < -0.3 is 25.3 Å². The van der Waals surface area contributed by atoms with Gasteiger partial charge in [0.25, 0.3) is 0 Å². The number of carbonyl (C=O) groups is 3. The number of rotatable bonds is 6. The van der Waals surface area contributed by atoms with Crippen molar-refractivity contribution in [2.45, 2.75) is 52.1 Å². The number of carbonyl (C=O) groups excluding carboxylic acids is 3. The smallest absolute Gasteiger partial charge is 0.341 e. The molecule has 160 valence electrons. The third-order valence-corrected chi connectivity index (χ3v) is 4.94. The van der Waals surface area contributed by atoms with E-state index in [0.717, 1.165) is 0 Å². The molecule has 30 heavy (non-hydrogen) atoms. The maximum Gasteiger partial charge on any atom is 0.341 e. The summed E-state index contributed by atoms with van der Waals surface area (Å²) in [4.78, 5) is 39.8. The van der Waals surface area contributed by atoms with E-state index in [1.807, 2.05) is 6.92 Å². The molecule has 8 heteroatoms. The van der Waals surface area contributed by atoms with Crippen LogP contribution < -0.4 is 15.8 Å². The Morgan fingerprint density at radius 3 is 2.50 bits per heavy atom. The fourth-order valence-corrected chi connectivity index (χ4v) is 3.93. The number of nitrogens with two attached hydrogens (primary N) is 1. The number of amides is 1. The first-order valence-corrected chi connectivity index (χ1v) is 9.99. The first-order chi connectivity index (χ1) is 14.3. The first-order valence-electron chi connectivity index (χ1n) is 9.99. The highest BCUT2D eigenvalue weighted by molar-refractivity contribution is 6.17. The van der Waals surface area contributed by atoms with E-state index in [1.54, 1.807) is 45.0 Å². The summed E-state index contributed by atoms with van der Waals surface area (Å²) in [7, 11) is 0. The van der Waals surface area contributed by atoms with Crippen LogP contribution in [-0.4, -0.2) is 30.6 Å². The van der Waals surface area contributed by atoms with Crippen LogP contribution in [0.15, 0.2) is 47.0 Å². The Hall–Kier alpha value is -3.29. The van der Waals surface area contributed by atoms with Crippen LogP contribution >= 0.6 is 0 Å². The van der Waals surface area contributed by atoms with E-state index < -0.39 is 29.4 Å². The predicted octanol–water partition coefficient (Wildman–Crippen LogP) is 2.19. The van der Waals surface area contributed by atoms with E-state index in [1.165, 1.54) is 0 Å². The molecule has 0 saturated carbocycles. The van der Waals surface area contributed by atoms with E-state index in [9.17, 15) is 14.4 Å². The van der Waals surface area contributed by atoms with Crippen LogP contribution in [0.5, 0.6) is 5.75 Å². The molecule has 0 bridgehead atoms. The van der Waals surface area contributed by atoms with E-state index in [4.69, 9.17) is 19.9 Å². The van der Waals surface area contributed by atoms with Gasteiger partial charge in [0.05, 0.1) is 18.3 Å². The third-order valence-electron chi connectivity index (χ3n) is 4.94. The summed E-state index contributed by atoms with van der Waals surface area (Å²) in [6, 6.07) is 6.68. The summed E-state index contributed by atoms with van der Waals surface area (Å²) in [5.74, 6) is -2.09. The molecule has 1 amide bonds. The molecular formula is C22H26N2O6. The van der Waals surface area contributed by atoms with Crippen molar-refractivity contribution in [1.29, 1.82) is 0 Å². The molecule has 0 saturated heterocycles. The molecule has 3 N–H and O–H groups in total. The molecule has 0 aromatic heterocycles. The van der Waals surface area contributed by atoms with Crippen molar-refractivity contribution >= 4 is 17.8 Å². The zero-order valence-electron chi connectivity index (χ0n) is 17.5. The van der Waals surface area contributed by atoms with Gasteiger partial charge >= 0.3 is 11.9 Å². The Bertz CT molecular complexity index is 962. The monoisotopic (exact) mass is 414 g/mol. The lowest BCUT2D eigenvalue weighted by atomic mass is 9.67. The summed E-state index contributed by atoms with van der Waals surface area (Å²) < 4.78 is 16.3. The number of ether oxygens (including phenoxy) is 3. The van der Waals surface area contributed by atoms with Crippen molar-refractivity contribution in [2.24, 2.45) is 5.73 Å². The van der Waals surface area contributed by atoms with Crippen molar-refractivity contribution in [3.8, 4) is 5.75 Å². The van der Waals surface area contributed by atoms with Crippen LogP contribution in [-0.2, 0) is 29.3 Å². The summed E-state index contributed by atoms with van der Waals surface area (Å²) in [6.07, 6.45) is 0.607. The van der Waals surface area contributed by atoms with Crippen molar-refractivity contribution < 1.29 is 28.6 Å². The highest BCUT2D eigenvalue weighted by Gasteiger charge is 2.62. The van der Waals surface area contributed by atoms with Crippen molar-refractivity contribution in [3.05, 3.63) is 52.6 Å². The number of hydrogen-bond donors (Lipinski definition) is 2. The van der Waals surface area contributed by atoms with E-state index >= 15 is 0 Å². The highest BCUT2D eigenvalue weighted by atomic mass is 16.5. The molecule has 2 aliphatic rings. The van der Waals surface area contributed by atoms with Crippen molar-refractivity contribution in [3.63, 3.8) is 0 Å². The molecule has 1 spiro atoms. The van der Waals surface area contributed by atoms with Gasteiger partial charge in [-0.15, -0.1) is 0 Å². The molecule has 0 aliphatic carbocycles. The lowest BCUT2D eigenvalue weighted by Gasteiger charge is -2.36. The zero-order valence-corrected chi connectivity index (χ0v) is 17.5. The fraction of sp³-hybridized carbons (Fsp3) is 0.409. The molecule has 2 aliphatic heterocycles. The maximum absolute atomic E-state index is 13.6. The second-order valence-electron chi connectivity index (χ2n) is 7.32. The Kier molecular flexibility index (Phi) is 5.87. The predicted molar refractivity (Wildman–Crippen MR) is 108 cm³/mol. The lowest BCUT2D eigenvalue weighted by Crippen LogP contribution is -2.49. The fourth-order valence-electron chi connectivity index (χ4n) is 3.93. The van der Waals surface area contributed by atoms with Gasteiger partial charge in [-0.05, 0) is 33.3 Å². The minimum Gasteiger partial charge on any atom is -0.463 e. The number of benzene rings is 1. The highest BCUT2D eigenvalue weighted by Crippen LogP contribution is 2.52. The largest absolute Gasteiger partial charge is 0.463 e. The number of para-hydroxylation sites is 1. The van der Waals surface area contributed by atoms with Gasteiger partial charge in [-0.2, -0.15) is 0 Å². The van der Waals surface area contributed by atoms with Crippen LogP contribution in [0.25, 0.3) is 0 Å². The van der Waals surface area contributed by atoms with E-state index in [-0.39, 0.29) is 29.4 Å². The Morgan fingerprint density at radius 1 is 1.17 bits per heavy atom. The topological polar surface area (TPSA) is 117 Å². The Labute approximate surface area is 175 Å². The van der Waals surface area contributed by atoms with Crippen LogP contribution in [0.3, 0.4) is 0 Å². The van der Waals surface area contributed by atoms with Gasteiger partial charge in [-0.3, -0.25) is 4.79 Å². The van der Waals surface area contributed by atoms with E-state index in [2.05, 4.69) is 5.32 Å². The summed E-state index contributed by atoms with van der Waals surface area (Å²) in [5.41, 5.74) is 4.89. The van der Waals surface area contributed by atoms with Crippen LogP contribution in [0.4, 0.5) is 0 Å². The third kappa shape index (κ3) is 3.22. The molecule has 0 radical (unpaired) electrons. The molecule has 8 nitrogen and oxygen atoms in total. The molecule has 3 rings (SSSR count). The Morgan fingerprint density at radius 2 is 1.87 bits per heavy atom. The van der Waals surface area contributed by atoms with Crippen LogP contribution in [0, 0.1) is 0 Å². The number of fused-ring (bicyclic) bond motifs is 2. The number of hydrogen-bond acceptors (Lipinski definition) is 7. The van der Waals surface area contributed by atoms with Gasteiger partial charge in [0.2, 0.25) is 11.8 Å². The molecule has 0 unspecified atom stereocenters. The SMILES string of the molecule is CCCC1=C(C(=O)OCC)[C@@]2(C(=O)N1)C(C(=O)OC(C)C)=C(N)Oc1ccccc12. The van der Waals surface area contributed by atoms with Gasteiger partial charge in [0, 0.05) is 11.3 Å². The molecule has 2 heterocycles. The second-order valence-corrected chi connectivity index (χ2v) is 7.32. The second kappa shape index (κ2) is 8.22. The van der Waals surface area contributed by atoms with Crippen molar-refractivity contribution in [2.75, 3.05) is 6.61 Å². The standard InChI is InChI=1S/C22H26N2O6/c1-5-9-14-16(19(25)28-6-2)22(21(27)24-14)13-10-7-8-11-15(13)30-18(23)17(22)20(26)29-12(3)4/h7-8,10-12H,5-6,9,23H2,1-4H3,(H,24,27)/t22-/m1/s1. The molecule has 1 aromatic rings. The number of nitrogens with one attached hydrogen (secondary N) is 1. The number of allylic oxidation sites excluding steroid dienone is 1. The van der Waals surface area contributed by atoms with Gasteiger partial charge in [-0.1, -0.05) is 31.5 Å².